The van der Waals surface area contributed by atoms with E-state index < -0.39 is 0 Å². The predicted octanol–water partition coefficient (Wildman–Crippen LogP) is 2.27. The molecule has 0 fully saturated rings. The lowest BCUT2D eigenvalue weighted by molar-refractivity contribution is 0.638. The van der Waals surface area contributed by atoms with E-state index >= 15 is 0 Å². The summed E-state index contributed by atoms with van der Waals surface area (Å²) in [7, 11) is 0. The van der Waals surface area contributed by atoms with Crippen LogP contribution < -0.4 is 5.73 Å². The van der Waals surface area contributed by atoms with Crippen molar-refractivity contribution < 1.29 is 0 Å². The Labute approximate surface area is 99.9 Å². The minimum Gasteiger partial charge on any atom is -0.332 e. The molecule has 4 heteroatoms. The highest BCUT2D eigenvalue weighted by Crippen LogP contribution is 2.11. The second-order valence-corrected chi connectivity index (χ2v) is 5.02. The Morgan fingerprint density at radius 3 is 3.12 bits per heavy atom. The molecule has 0 bridgehead atoms. The van der Waals surface area contributed by atoms with Crippen LogP contribution in [0.4, 0.5) is 0 Å². The van der Waals surface area contributed by atoms with Crippen molar-refractivity contribution in [3.8, 4) is 0 Å². The van der Waals surface area contributed by atoms with Gasteiger partial charge in [-0.15, -0.1) is 11.3 Å². The monoisotopic (exact) mass is 235 g/mol. The summed E-state index contributed by atoms with van der Waals surface area (Å²) in [4.78, 5) is 5.72. The zero-order chi connectivity index (χ0) is 11.4. The molecule has 0 aliphatic carbocycles. The van der Waals surface area contributed by atoms with Crippen LogP contribution in [0.5, 0.6) is 0 Å². The summed E-state index contributed by atoms with van der Waals surface area (Å²) >= 11 is 1.77. The Kier molecular flexibility index (Phi) is 3.74. The Balaban J connectivity index is 1.97. The lowest BCUT2D eigenvalue weighted by atomic mass is 10.1. The van der Waals surface area contributed by atoms with E-state index in [0.29, 0.717) is 0 Å². The summed E-state index contributed by atoms with van der Waals surface area (Å²) in [5, 5.41) is 2.10. The molecule has 0 amide bonds. The van der Waals surface area contributed by atoms with Crippen LogP contribution in [0.3, 0.4) is 0 Å². The van der Waals surface area contributed by atoms with Gasteiger partial charge in [-0.3, -0.25) is 0 Å². The molecule has 0 aromatic carbocycles. The number of imidazole rings is 1. The Hall–Kier alpha value is -1.13. The molecule has 16 heavy (non-hydrogen) atoms. The fourth-order valence-corrected chi connectivity index (χ4v) is 2.31. The summed E-state index contributed by atoms with van der Waals surface area (Å²) in [6.45, 7) is 3.01. The van der Waals surface area contributed by atoms with E-state index in [4.69, 9.17) is 5.73 Å². The van der Waals surface area contributed by atoms with Crippen molar-refractivity contribution >= 4 is 11.3 Å². The van der Waals surface area contributed by atoms with Crippen LogP contribution in [0, 0.1) is 0 Å². The van der Waals surface area contributed by atoms with Crippen molar-refractivity contribution in [3.63, 3.8) is 0 Å². The smallest absolute Gasteiger partial charge is 0.0952 e. The molecule has 86 valence electrons. The van der Waals surface area contributed by atoms with Crippen LogP contribution in [-0.4, -0.2) is 15.6 Å². The molecule has 2 aromatic rings. The fraction of sp³-hybridized carbons (Fsp3) is 0.417. The highest BCUT2D eigenvalue weighted by Gasteiger charge is 2.05. The van der Waals surface area contributed by atoms with Gasteiger partial charge < -0.3 is 10.3 Å². The van der Waals surface area contributed by atoms with Gasteiger partial charge >= 0.3 is 0 Å². The van der Waals surface area contributed by atoms with Gasteiger partial charge in [0.1, 0.15) is 0 Å². The first-order valence-corrected chi connectivity index (χ1v) is 6.44. The Bertz CT molecular complexity index is 419. The number of rotatable bonds is 5. The van der Waals surface area contributed by atoms with Crippen LogP contribution >= 0.6 is 11.3 Å². The normalized spacial score (nSPS) is 12.9. The molecular formula is C12H17N3S. The molecule has 0 spiro atoms. The molecule has 0 saturated heterocycles. The van der Waals surface area contributed by atoms with Gasteiger partial charge in [-0.2, -0.15) is 0 Å². The lowest BCUT2D eigenvalue weighted by Crippen LogP contribution is -2.21. The van der Waals surface area contributed by atoms with E-state index in [9.17, 15) is 0 Å². The third kappa shape index (κ3) is 2.93. The Morgan fingerprint density at radius 1 is 1.56 bits per heavy atom. The van der Waals surface area contributed by atoms with Crippen molar-refractivity contribution in [3.05, 3.63) is 40.6 Å². The summed E-state index contributed by atoms with van der Waals surface area (Å²) in [5.41, 5.74) is 6.99. The topological polar surface area (TPSA) is 43.8 Å². The molecule has 0 aliphatic heterocycles. The lowest BCUT2D eigenvalue weighted by Gasteiger charge is -2.04. The second kappa shape index (κ2) is 5.27. The molecule has 2 rings (SSSR count). The summed E-state index contributed by atoms with van der Waals surface area (Å²) in [5.74, 6) is 0. The number of nitrogens with zero attached hydrogens (tertiary/aromatic N) is 2. The molecule has 0 saturated carbocycles. The van der Waals surface area contributed by atoms with Gasteiger partial charge in [-0.25, -0.2) is 4.98 Å². The molecular weight excluding hydrogens is 218 g/mol. The maximum Gasteiger partial charge on any atom is 0.0952 e. The van der Waals surface area contributed by atoms with Gasteiger partial charge in [0, 0.05) is 23.5 Å². The molecule has 2 N–H and O–H groups in total. The van der Waals surface area contributed by atoms with E-state index in [0.717, 1.165) is 25.1 Å². The van der Waals surface area contributed by atoms with E-state index in [1.54, 1.807) is 11.3 Å². The molecule has 1 unspecified atom stereocenters. The van der Waals surface area contributed by atoms with E-state index in [2.05, 4.69) is 40.2 Å². The Morgan fingerprint density at radius 2 is 2.44 bits per heavy atom. The first-order valence-electron chi connectivity index (χ1n) is 5.56. The average molecular weight is 235 g/mol. The largest absolute Gasteiger partial charge is 0.332 e. The van der Waals surface area contributed by atoms with E-state index in [-0.39, 0.29) is 6.04 Å². The number of nitrogens with two attached hydrogens (primary N) is 1. The quantitative estimate of drug-likeness (QED) is 0.864. The minimum absolute atomic E-state index is 0.227. The zero-order valence-electron chi connectivity index (χ0n) is 9.47. The maximum atomic E-state index is 5.90. The van der Waals surface area contributed by atoms with Crippen molar-refractivity contribution in [2.45, 2.75) is 32.4 Å². The van der Waals surface area contributed by atoms with E-state index in [1.807, 2.05) is 6.33 Å². The van der Waals surface area contributed by atoms with Crippen molar-refractivity contribution in [2.75, 3.05) is 0 Å². The third-order valence-electron chi connectivity index (χ3n) is 2.60. The fourth-order valence-electron chi connectivity index (χ4n) is 1.59. The SMILES string of the molecule is CCC(N)Cc1cn(Cc2cccs2)cn1. The summed E-state index contributed by atoms with van der Waals surface area (Å²) in [6, 6.07) is 4.44. The minimum atomic E-state index is 0.227. The summed E-state index contributed by atoms with van der Waals surface area (Å²) < 4.78 is 2.11. The van der Waals surface area contributed by atoms with Crippen LogP contribution in [0.25, 0.3) is 0 Å². The summed E-state index contributed by atoms with van der Waals surface area (Å²) in [6.07, 6.45) is 5.85. The van der Waals surface area contributed by atoms with Crippen LogP contribution in [0.15, 0.2) is 30.0 Å². The molecule has 0 radical (unpaired) electrons. The highest BCUT2D eigenvalue weighted by atomic mass is 32.1. The first kappa shape index (κ1) is 11.4. The standard InChI is InChI=1S/C12H17N3S/c1-2-10(13)6-11-7-15(9-14-11)8-12-4-3-5-16-12/h3-5,7,9-10H,2,6,8,13H2,1H3. The molecule has 1 atom stereocenters. The number of hydrogen-bond acceptors (Lipinski definition) is 3. The van der Waals surface area contributed by atoms with Gasteiger partial charge in [0.05, 0.1) is 18.6 Å². The second-order valence-electron chi connectivity index (χ2n) is 3.99. The third-order valence-corrected chi connectivity index (χ3v) is 3.46. The average Bonchev–Trinajstić information content (AvgIpc) is 2.91. The van der Waals surface area contributed by atoms with Gasteiger partial charge in [-0.1, -0.05) is 13.0 Å². The van der Waals surface area contributed by atoms with Gasteiger partial charge in [-0.05, 0) is 17.9 Å². The predicted molar refractivity (Wildman–Crippen MR) is 67.6 cm³/mol. The highest BCUT2D eigenvalue weighted by molar-refractivity contribution is 7.09. The van der Waals surface area contributed by atoms with Crippen molar-refractivity contribution in [1.82, 2.24) is 9.55 Å². The zero-order valence-corrected chi connectivity index (χ0v) is 10.3. The number of thiophene rings is 1. The van der Waals surface area contributed by atoms with Crippen molar-refractivity contribution in [1.29, 1.82) is 0 Å². The molecule has 2 heterocycles. The first-order chi connectivity index (χ1) is 7.78. The molecule has 0 aliphatic rings. The van der Waals surface area contributed by atoms with Gasteiger partial charge in [0.25, 0.3) is 0 Å². The van der Waals surface area contributed by atoms with E-state index in [1.165, 1.54) is 4.88 Å². The molecule has 3 nitrogen and oxygen atoms in total. The van der Waals surface area contributed by atoms with Crippen molar-refractivity contribution in [2.24, 2.45) is 5.73 Å². The number of aromatic nitrogens is 2. The van der Waals surface area contributed by atoms with Crippen LogP contribution in [0.2, 0.25) is 0 Å². The molecule has 2 aromatic heterocycles. The maximum absolute atomic E-state index is 5.90. The van der Waals surface area contributed by atoms with Gasteiger partial charge in [0.15, 0.2) is 0 Å². The number of hydrogen-bond donors (Lipinski definition) is 1. The van der Waals surface area contributed by atoms with Gasteiger partial charge in [0.2, 0.25) is 0 Å². The van der Waals surface area contributed by atoms with Crippen LogP contribution in [0.1, 0.15) is 23.9 Å². The van der Waals surface area contributed by atoms with Crippen LogP contribution in [-0.2, 0) is 13.0 Å².